The minimum absolute atomic E-state index is 0.127. The number of hydrogen-bond acceptors (Lipinski definition) is 5. The summed E-state index contributed by atoms with van der Waals surface area (Å²) in [6.45, 7) is 8.16. The molecule has 26 heavy (non-hydrogen) atoms. The van der Waals surface area contributed by atoms with Gasteiger partial charge in [-0.3, -0.25) is 14.6 Å². The average molecular weight is 414 g/mol. The highest BCUT2D eigenvalue weighted by Gasteiger charge is 2.24. The van der Waals surface area contributed by atoms with E-state index in [1.54, 1.807) is 23.1 Å². The van der Waals surface area contributed by atoms with Crippen molar-refractivity contribution in [3.63, 3.8) is 0 Å². The van der Waals surface area contributed by atoms with Crippen LogP contribution in [0.15, 0.2) is 23.6 Å². The summed E-state index contributed by atoms with van der Waals surface area (Å²) in [5.74, 6) is -0.127. The molecule has 0 aliphatic carbocycles. The number of carbonyl (C=O) groups excluding carboxylic acids is 1. The smallest absolute Gasteiger partial charge is 0.230 e. The Kier molecular flexibility index (Phi) is 6.20. The Hall–Kier alpha value is -1.18. The van der Waals surface area contributed by atoms with E-state index in [1.165, 1.54) is 18.3 Å². The average Bonchev–Trinajstić information content (AvgIpc) is 2.97. The highest BCUT2D eigenvalue weighted by atomic mass is 35.5. The Morgan fingerprint density at radius 2 is 2.00 bits per heavy atom. The van der Waals surface area contributed by atoms with Crippen molar-refractivity contribution >= 4 is 51.3 Å². The van der Waals surface area contributed by atoms with E-state index in [2.05, 4.69) is 23.7 Å². The van der Waals surface area contributed by atoms with E-state index in [9.17, 15) is 4.79 Å². The van der Waals surface area contributed by atoms with Crippen molar-refractivity contribution in [1.82, 2.24) is 9.88 Å². The molecule has 0 radical (unpaired) electrons. The molecule has 1 aliphatic rings. The first kappa shape index (κ1) is 19.6. The Labute approximate surface area is 167 Å². The summed E-state index contributed by atoms with van der Waals surface area (Å²) in [7, 11) is 0. The van der Waals surface area contributed by atoms with Crippen LogP contribution in [0.5, 0.6) is 0 Å². The highest BCUT2D eigenvalue weighted by molar-refractivity contribution is 7.14. The topological polar surface area (TPSA) is 45.7 Å². The zero-order chi connectivity index (χ0) is 18.8. The van der Waals surface area contributed by atoms with Crippen LogP contribution >= 0.6 is 34.5 Å². The molecule has 0 N–H and O–H groups in total. The molecule has 1 fully saturated rings. The Morgan fingerprint density at radius 1 is 1.31 bits per heavy atom. The van der Waals surface area contributed by atoms with Crippen LogP contribution in [-0.4, -0.2) is 41.1 Å². The Bertz CT molecular complexity index is 788. The van der Waals surface area contributed by atoms with Crippen LogP contribution in [0.3, 0.4) is 0 Å². The number of morpholine rings is 1. The van der Waals surface area contributed by atoms with E-state index in [-0.39, 0.29) is 18.1 Å². The van der Waals surface area contributed by atoms with E-state index in [0.717, 1.165) is 25.3 Å². The van der Waals surface area contributed by atoms with Gasteiger partial charge in [0, 0.05) is 31.9 Å². The molecule has 1 aliphatic heterocycles. The zero-order valence-electron chi connectivity index (χ0n) is 14.9. The molecule has 1 saturated heterocycles. The summed E-state index contributed by atoms with van der Waals surface area (Å²) in [5.41, 5.74) is 1.60. The molecule has 0 unspecified atom stereocenters. The number of ether oxygens (including phenoxy) is 1. The van der Waals surface area contributed by atoms with Gasteiger partial charge in [0.05, 0.1) is 33.6 Å². The summed E-state index contributed by atoms with van der Waals surface area (Å²) in [4.78, 5) is 20.8. The molecule has 0 saturated carbocycles. The molecule has 1 aromatic carbocycles. The molecule has 140 valence electrons. The Balaban J connectivity index is 1.79. The summed E-state index contributed by atoms with van der Waals surface area (Å²) < 4.78 is 5.77. The van der Waals surface area contributed by atoms with Crippen molar-refractivity contribution in [2.75, 3.05) is 18.0 Å². The maximum Gasteiger partial charge on any atom is 0.230 e. The van der Waals surface area contributed by atoms with Gasteiger partial charge >= 0.3 is 0 Å². The van der Waals surface area contributed by atoms with E-state index in [4.69, 9.17) is 27.9 Å². The molecule has 8 heteroatoms. The van der Waals surface area contributed by atoms with E-state index >= 15 is 0 Å². The van der Waals surface area contributed by atoms with Crippen LogP contribution in [0.2, 0.25) is 10.0 Å². The lowest BCUT2D eigenvalue weighted by molar-refractivity contribution is -0.115. The number of rotatable bonds is 4. The minimum Gasteiger partial charge on any atom is -0.373 e. The Morgan fingerprint density at radius 3 is 2.62 bits per heavy atom. The third-order valence-electron chi connectivity index (χ3n) is 4.09. The number of aromatic nitrogens is 1. The molecular weight excluding hydrogens is 393 g/mol. The third kappa shape index (κ3) is 4.56. The van der Waals surface area contributed by atoms with Crippen molar-refractivity contribution in [3.8, 4) is 0 Å². The molecule has 2 atom stereocenters. The number of amides is 1. The predicted octanol–water partition coefficient (Wildman–Crippen LogP) is 4.74. The standard InChI is InChI=1S/C18H21Cl2N3O2S/c1-11-7-22(8-12(2)25-11)9-14-10-26-18(21-14)23(13(3)24)15-4-5-16(19)17(20)6-15/h4-6,10-12H,7-9H2,1-3H3/t11-,12+. The zero-order valence-corrected chi connectivity index (χ0v) is 17.2. The number of hydrogen-bond donors (Lipinski definition) is 0. The van der Waals surface area contributed by atoms with Gasteiger partial charge in [-0.2, -0.15) is 0 Å². The first-order valence-corrected chi connectivity index (χ1v) is 10.0. The van der Waals surface area contributed by atoms with Gasteiger partial charge in [0.1, 0.15) is 0 Å². The van der Waals surface area contributed by atoms with Crippen LogP contribution in [0, 0.1) is 0 Å². The van der Waals surface area contributed by atoms with Gasteiger partial charge in [-0.25, -0.2) is 4.98 Å². The second-order valence-electron chi connectivity index (χ2n) is 6.53. The quantitative estimate of drug-likeness (QED) is 0.725. The number of carbonyl (C=O) groups is 1. The molecule has 0 bridgehead atoms. The lowest BCUT2D eigenvalue weighted by Gasteiger charge is -2.34. The molecular formula is C18H21Cl2N3O2S. The van der Waals surface area contributed by atoms with Crippen LogP contribution in [0.25, 0.3) is 0 Å². The first-order chi connectivity index (χ1) is 12.3. The van der Waals surface area contributed by atoms with Crippen molar-refractivity contribution in [1.29, 1.82) is 0 Å². The summed E-state index contributed by atoms with van der Waals surface area (Å²) in [6.07, 6.45) is 0.420. The fourth-order valence-electron chi connectivity index (χ4n) is 3.17. The van der Waals surface area contributed by atoms with Crippen LogP contribution in [0.1, 0.15) is 26.5 Å². The van der Waals surface area contributed by atoms with Crippen LogP contribution in [0.4, 0.5) is 10.8 Å². The number of thiazole rings is 1. The van der Waals surface area contributed by atoms with Gasteiger partial charge in [0.15, 0.2) is 5.13 Å². The number of nitrogens with zero attached hydrogens (tertiary/aromatic N) is 3. The normalized spacial score (nSPS) is 21.0. The molecule has 1 aromatic heterocycles. The van der Waals surface area contributed by atoms with E-state index in [1.807, 2.05) is 5.38 Å². The maximum absolute atomic E-state index is 12.2. The molecule has 1 amide bonds. The number of halogens is 2. The summed E-state index contributed by atoms with van der Waals surface area (Å²) >= 11 is 13.5. The van der Waals surface area contributed by atoms with Gasteiger partial charge in [0.25, 0.3) is 0 Å². The minimum atomic E-state index is -0.127. The number of benzene rings is 1. The fourth-order valence-corrected chi connectivity index (χ4v) is 4.34. The summed E-state index contributed by atoms with van der Waals surface area (Å²) in [5, 5.41) is 3.48. The van der Waals surface area contributed by atoms with Gasteiger partial charge in [0.2, 0.25) is 5.91 Å². The van der Waals surface area contributed by atoms with Crippen LogP contribution < -0.4 is 4.90 Å². The largest absolute Gasteiger partial charge is 0.373 e. The summed E-state index contributed by atoms with van der Waals surface area (Å²) in [6, 6.07) is 5.12. The van der Waals surface area contributed by atoms with Gasteiger partial charge in [-0.15, -0.1) is 11.3 Å². The van der Waals surface area contributed by atoms with Gasteiger partial charge in [-0.1, -0.05) is 23.2 Å². The molecule has 5 nitrogen and oxygen atoms in total. The van der Waals surface area contributed by atoms with Gasteiger partial charge in [-0.05, 0) is 32.0 Å². The lowest BCUT2D eigenvalue weighted by Crippen LogP contribution is -2.44. The highest BCUT2D eigenvalue weighted by Crippen LogP contribution is 2.33. The third-order valence-corrected chi connectivity index (χ3v) is 5.70. The van der Waals surface area contributed by atoms with Crippen LogP contribution in [-0.2, 0) is 16.1 Å². The maximum atomic E-state index is 12.2. The SMILES string of the molecule is CC(=O)N(c1ccc(Cl)c(Cl)c1)c1nc(CN2C[C@@H](C)O[C@@H](C)C2)cs1. The first-order valence-electron chi connectivity index (χ1n) is 8.41. The van der Waals surface area contributed by atoms with Crippen molar-refractivity contribution < 1.29 is 9.53 Å². The predicted molar refractivity (Wildman–Crippen MR) is 107 cm³/mol. The fraction of sp³-hybridized carbons (Fsp3) is 0.444. The van der Waals surface area contributed by atoms with Crippen molar-refractivity contribution in [2.24, 2.45) is 0 Å². The second-order valence-corrected chi connectivity index (χ2v) is 8.18. The molecule has 2 heterocycles. The number of anilines is 2. The van der Waals surface area contributed by atoms with Gasteiger partial charge < -0.3 is 4.74 Å². The van der Waals surface area contributed by atoms with Crippen molar-refractivity contribution in [3.05, 3.63) is 39.3 Å². The molecule has 3 rings (SSSR count). The van der Waals surface area contributed by atoms with Crippen molar-refractivity contribution in [2.45, 2.75) is 39.5 Å². The van der Waals surface area contributed by atoms with E-state index < -0.39 is 0 Å². The lowest BCUT2D eigenvalue weighted by atomic mass is 10.2. The van der Waals surface area contributed by atoms with E-state index in [0.29, 0.717) is 20.9 Å². The monoisotopic (exact) mass is 413 g/mol. The molecule has 0 spiro atoms. The second kappa shape index (κ2) is 8.23. The molecule has 2 aromatic rings.